The molecule has 1 amide bonds. The molecule has 5 nitrogen and oxygen atoms in total. The molecule has 0 aromatic carbocycles. The zero-order valence-corrected chi connectivity index (χ0v) is 7.45. The van der Waals surface area contributed by atoms with E-state index in [-0.39, 0.29) is 19.1 Å². The fourth-order valence-electron chi connectivity index (χ4n) is 0.561. The maximum atomic E-state index is 10.8. The fourth-order valence-corrected chi connectivity index (χ4v) is 0.561. The molecule has 0 aliphatic carbocycles. The third kappa shape index (κ3) is 5.86. The maximum absolute atomic E-state index is 10.8. The van der Waals surface area contributed by atoms with Gasteiger partial charge in [0, 0.05) is 6.92 Å². The Morgan fingerprint density at radius 1 is 1.69 bits per heavy atom. The van der Waals surface area contributed by atoms with E-state index >= 15 is 0 Å². The predicted octanol–water partition coefficient (Wildman–Crippen LogP) is -0.787. The van der Waals surface area contributed by atoms with Crippen molar-refractivity contribution in [3.63, 3.8) is 0 Å². The molecule has 0 aliphatic heterocycles. The summed E-state index contributed by atoms with van der Waals surface area (Å²) in [4.78, 5) is 21.2. The van der Waals surface area contributed by atoms with E-state index in [2.05, 4.69) is 16.6 Å². The Morgan fingerprint density at radius 2 is 2.31 bits per heavy atom. The lowest BCUT2D eigenvalue weighted by molar-refractivity contribution is -0.152. The SMILES string of the molecule is C=CCOC(=O)C(O)CNC(C)=O. The Bertz CT molecular complexity index is 202. The van der Waals surface area contributed by atoms with Crippen LogP contribution in [-0.4, -0.2) is 36.2 Å². The van der Waals surface area contributed by atoms with Gasteiger partial charge in [0.2, 0.25) is 5.91 Å². The number of hydrogen-bond acceptors (Lipinski definition) is 4. The number of aliphatic hydroxyl groups excluding tert-OH is 1. The smallest absolute Gasteiger partial charge is 0.337 e. The zero-order chi connectivity index (χ0) is 10.3. The van der Waals surface area contributed by atoms with Crippen molar-refractivity contribution in [2.24, 2.45) is 0 Å². The van der Waals surface area contributed by atoms with E-state index in [4.69, 9.17) is 5.11 Å². The molecule has 0 aromatic rings. The van der Waals surface area contributed by atoms with Crippen LogP contribution in [-0.2, 0) is 14.3 Å². The van der Waals surface area contributed by atoms with E-state index in [0.29, 0.717) is 0 Å². The van der Waals surface area contributed by atoms with Crippen LogP contribution in [0, 0.1) is 0 Å². The highest BCUT2D eigenvalue weighted by Gasteiger charge is 2.15. The Morgan fingerprint density at radius 3 is 2.77 bits per heavy atom. The molecule has 0 fully saturated rings. The van der Waals surface area contributed by atoms with Crippen molar-refractivity contribution in [3.05, 3.63) is 12.7 Å². The number of carbonyl (C=O) groups excluding carboxylic acids is 2. The number of ether oxygens (including phenoxy) is 1. The standard InChI is InChI=1S/C8H13NO4/c1-3-4-13-8(12)7(11)5-9-6(2)10/h3,7,11H,1,4-5H2,2H3,(H,9,10). The van der Waals surface area contributed by atoms with Crippen molar-refractivity contribution < 1.29 is 19.4 Å². The number of amides is 1. The fraction of sp³-hybridized carbons (Fsp3) is 0.500. The molecule has 0 saturated heterocycles. The third-order valence-corrected chi connectivity index (χ3v) is 1.16. The van der Waals surface area contributed by atoms with Gasteiger partial charge < -0.3 is 15.2 Å². The van der Waals surface area contributed by atoms with Gasteiger partial charge in [-0.2, -0.15) is 0 Å². The number of hydrogen-bond donors (Lipinski definition) is 2. The summed E-state index contributed by atoms with van der Waals surface area (Å²) in [5.74, 6) is -1.08. The summed E-state index contributed by atoms with van der Waals surface area (Å²) in [6.45, 7) is 4.55. The number of esters is 1. The van der Waals surface area contributed by atoms with E-state index in [0.717, 1.165) is 0 Å². The molecule has 13 heavy (non-hydrogen) atoms. The molecule has 0 spiro atoms. The zero-order valence-electron chi connectivity index (χ0n) is 7.45. The van der Waals surface area contributed by atoms with Gasteiger partial charge in [0.15, 0.2) is 6.10 Å². The van der Waals surface area contributed by atoms with E-state index in [1.54, 1.807) is 0 Å². The molecular formula is C8H13NO4. The Labute approximate surface area is 76.4 Å². The molecule has 0 saturated carbocycles. The molecule has 2 N–H and O–H groups in total. The highest BCUT2D eigenvalue weighted by Crippen LogP contribution is 1.87. The van der Waals surface area contributed by atoms with Crippen molar-refractivity contribution in [1.29, 1.82) is 0 Å². The monoisotopic (exact) mass is 187 g/mol. The number of rotatable bonds is 5. The molecule has 74 valence electrons. The largest absolute Gasteiger partial charge is 0.460 e. The molecule has 0 bridgehead atoms. The topological polar surface area (TPSA) is 75.6 Å². The van der Waals surface area contributed by atoms with E-state index in [1.165, 1.54) is 13.0 Å². The molecule has 0 heterocycles. The van der Waals surface area contributed by atoms with Crippen LogP contribution in [0.15, 0.2) is 12.7 Å². The highest BCUT2D eigenvalue weighted by molar-refractivity contribution is 5.77. The predicted molar refractivity (Wildman–Crippen MR) is 45.8 cm³/mol. The highest BCUT2D eigenvalue weighted by atomic mass is 16.5. The molecular weight excluding hydrogens is 174 g/mol. The molecule has 5 heteroatoms. The first kappa shape index (κ1) is 11.6. The molecule has 0 aliphatic rings. The van der Waals surface area contributed by atoms with Crippen molar-refractivity contribution in [2.75, 3.05) is 13.2 Å². The summed E-state index contributed by atoms with van der Waals surface area (Å²) in [5.41, 5.74) is 0. The van der Waals surface area contributed by atoms with Gasteiger partial charge in [0.25, 0.3) is 0 Å². The lowest BCUT2D eigenvalue weighted by atomic mass is 10.3. The minimum atomic E-state index is -1.32. The van der Waals surface area contributed by atoms with Gasteiger partial charge in [-0.15, -0.1) is 0 Å². The summed E-state index contributed by atoms with van der Waals surface area (Å²) in [6.07, 6.45) is 0.0760. The van der Waals surface area contributed by atoms with Crippen molar-refractivity contribution in [1.82, 2.24) is 5.32 Å². The van der Waals surface area contributed by atoms with Crippen molar-refractivity contribution in [3.8, 4) is 0 Å². The lowest BCUT2D eigenvalue weighted by Gasteiger charge is -2.09. The van der Waals surface area contributed by atoms with Gasteiger partial charge in [0.05, 0.1) is 6.54 Å². The minimum absolute atomic E-state index is 0.0516. The number of nitrogens with one attached hydrogen (secondary N) is 1. The van der Waals surface area contributed by atoms with Crippen LogP contribution >= 0.6 is 0 Å². The number of aliphatic hydroxyl groups is 1. The van der Waals surface area contributed by atoms with Crippen LogP contribution < -0.4 is 5.32 Å². The summed E-state index contributed by atoms with van der Waals surface area (Å²) >= 11 is 0. The van der Waals surface area contributed by atoms with Crippen LogP contribution in [0.4, 0.5) is 0 Å². The normalized spacial score (nSPS) is 11.5. The van der Waals surface area contributed by atoms with Gasteiger partial charge in [-0.1, -0.05) is 12.7 Å². The summed E-state index contributed by atoms with van der Waals surface area (Å²) in [5, 5.41) is 11.4. The minimum Gasteiger partial charge on any atom is -0.460 e. The Kier molecular flexibility index (Phi) is 5.54. The Hall–Kier alpha value is -1.36. The van der Waals surface area contributed by atoms with Crippen LogP contribution in [0.1, 0.15) is 6.92 Å². The van der Waals surface area contributed by atoms with Crippen LogP contribution in [0.3, 0.4) is 0 Å². The molecule has 1 unspecified atom stereocenters. The first-order valence-electron chi connectivity index (χ1n) is 3.78. The molecule has 0 radical (unpaired) electrons. The van der Waals surface area contributed by atoms with Crippen molar-refractivity contribution in [2.45, 2.75) is 13.0 Å². The maximum Gasteiger partial charge on any atom is 0.337 e. The Balaban J connectivity index is 3.68. The van der Waals surface area contributed by atoms with Gasteiger partial charge in [-0.3, -0.25) is 4.79 Å². The second kappa shape index (κ2) is 6.19. The van der Waals surface area contributed by atoms with Crippen molar-refractivity contribution >= 4 is 11.9 Å². The molecule has 0 aromatic heterocycles. The summed E-state index contributed by atoms with van der Waals surface area (Å²) < 4.78 is 4.53. The lowest BCUT2D eigenvalue weighted by Crippen LogP contribution is -2.36. The van der Waals surface area contributed by atoms with Crippen LogP contribution in [0.5, 0.6) is 0 Å². The second-order valence-electron chi connectivity index (χ2n) is 2.37. The number of carbonyl (C=O) groups is 2. The van der Waals surface area contributed by atoms with Gasteiger partial charge >= 0.3 is 5.97 Å². The average Bonchev–Trinajstić information content (AvgIpc) is 2.10. The average molecular weight is 187 g/mol. The van der Waals surface area contributed by atoms with Crippen LogP contribution in [0.2, 0.25) is 0 Å². The molecule has 0 rings (SSSR count). The summed E-state index contributed by atoms with van der Waals surface area (Å²) in [7, 11) is 0. The first-order chi connectivity index (χ1) is 6.07. The quantitative estimate of drug-likeness (QED) is 0.437. The van der Waals surface area contributed by atoms with Gasteiger partial charge in [-0.25, -0.2) is 4.79 Å². The van der Waals surface area contributed by atoms with E-state index in [9.17, 15) is 9.59 Å². The van der Waals surface area contributed by atoms with E-state index < -0.39 is 12.1 Å². The third-order valence-electron chi connectivity index (χ3n) is 1.16. The van der Waals surface area contributed by atoms with E-state index in [1.807, 2.05) is 0 Å². The first-order valence-corrected chi connectivity index (χ1v) is 3.78. The van der Waals surface area contributed by atoms with Gasteiger partial charge in [0.1, 0.15) is 6.61 Å². The van der Waals surface area contributed by atoms with Crippen LogP contribution in [0.25, 0.3) is 0 Å². The van der Waals surface area contributed by atoms with Gasteiger partial charge in [-0.05, 0) is 0 Å². The summed E-state index contributed by atoms with van der Waals surface area (Å²) in [6, 6.07) is 0. The molecule has 1 atom stereocenters. The second-order valence-corrected chi connectivity index (χ2v) is 2.37.